The van der Waals surface area contributed by atoms with E-state index in [0.717, 1.165) is 36.1 Å². The molecule has 0 aliphatic rings. The highest BCUT2D eigenvalue weighted by Crippen LogP contribution is 2.52. The van der Waals surface area contributed by atoms with Crippen molar-refractivity contribution in [1.82, 2.24) is 14.3 Å². The highest BCUT2D eigenvalue weighted by Gasteiger charge is 2.73. The number of carboxylic acids is 1. The van der Waals surface area contributed by atoms with Crippen molar-refractivity contribution >= 4 is 11.9 Å². The van der Waals surface area contributed by atoms with Gasteiger partial charge in [-0.15, -0.1) is 0 Å². The Morgan fingerprint density at radius 3 is 2.00 bits per heavy atom. The van der Waals surface area contributed by atoms with Gasteiger partial charge in [0.25, 0.3) is 5.60 Å². The number of halogens is 6. The van der Waals surface area contributed by atoms with Crippen LogP contribution in [0.5, 0.6) is 5.75 Å². The lowest BCUT2D eigenvalue weighted by molar-refractivity contribution is -0.383. The van der Waals surface area contributed by atoms with Crippen LogP contribution >= 0.6 is 0 Å². The summed E-state index contributed by atoms with van der Waals surface area (Å²) in [5, 5.41) is 13.5. The second-order valence-electron chi connectivity index (χ2n) is 11.2. The summed E-state index contributed by atoms with van der Waals surface area (Å²) in [5.41, 5.74) is -7.57. The Morgan fingerprint density at radius 2 is 1.49 bits per heavy atom. The van der Waals surface area contributed by atoms with E-state index in [1.165, 1.54) is 42.7 Å². The molecule has 0 aliphatic heterocycles. The van der Waals surface area contributed by atoms with Crippen LogP contribution in [0, 0.1) is 0 Å². The zero-order chi connectivity index (χ0) is 35.2. The molecule has 47 heavy (non-hydrogen) atoms. The third kappa shape index (κ3) is 8.34. The number of aliphatic carboxylic acids is 1. The Labute approximate surface area is 265 Å². The summed E-state index contributed by atoms with van der Waals surface area (Å²) in [4.78, 5) is 37.3. The lowest BCUT2D eigenvalue weighted by Crippen LogP contribution is -2.55. The predicted octanol–water partition coefficient (Wildman–Crippen LogP) is 6.24. The Morgan fingerprint density at radius 1 is 0.894 bits per heavy atom. The molecule has 1 aromatic heterocycles. The van der Waals surface area contributed by atoms with Gasteiger partial charge in [0.15, 0.2) is 18.0 Å². The molecule has 1 heterocycles. The number of carbonyl (C=O) groups excluding carboxylic acids is 1. The summed E-state index contributed by atoms with van der Waals surface area (Å²) in [6.07, 6.45) is -8.40. The predicted molar refractivity (Wildman–Crippen MR) is 155 cm³/mol. The third-order valence-electron chi connectivity index (χ3n) is 7.34. The van der Waals surface area contributed by atoms with Crippen molar-refractivity contribution in [2.75, 3.05) is 7.11 Å². The van der Waals surface area contributed by atoms with Crippen molar-refractivity contribution in [3.05, 3.63) is 81.5 Å². The summed E-state index contributed by atoms with van der Waals surface area (Å²) in [5.74, 6) is -1.69. The van der Waals surface area contributed by atoms with E-state index in [4.69, 9.17) is 9.47 Å². The van der Waals surface area contributed by atoms with Crippen LogP contribution in [0.3, 0.4) is 0 Å². The summed E-state index contributed by atoms with van der Waals surface area (Å²) >= 11 is 0. The fraction of sp³-hybridized carbons (Fsp3) is 0.484. The molecule has 0 amide bonds. The van der Waals surface area contributed by atoms with Crippen LogP contribution in [0.15, 0.2) is 53.3 Å². The van der Waals surface area contributed by atoms with E-state index in [-0.39, 0.29) is 35.8 Å². The smallest absolute Gasteiger partial charge is 0.430 e. The number of rotatable bonds is 15. The van der Waals surface area contributed by atoms with E-state index in [1.54, 1.807) is 0 Å². The average molecular weight is 676 g/mol. The molecule has 10 nitrogen and oxygen atoms in total. The van der Waals surface area contributed by atoms with E-state index in [1.807, 2.05) is 6.92 Å². The fourth-order valence-electron chi connectivity index (χ4n) is 4.68. The van der Waals surface area contributed by atoms with Crippen molar-refractivity contribution < 1.29 is 55.2 Å². The normalized spacial score (nSPS) is 12.6. The molecule has 3 rings (SSSR count). The van der Waals surface area contributed by atoms with Crippen molar-refractivity contribution in [3.63, 3.8) is 0 Å². The standard InChI is InChI=1S/C31H35F6N3O7/c1-5-6-7-8-17-39-24(19-46-25(41)21-11-15-23(16-12-21)47-28(2,3)26(42)43)38-40(27(39)44)18-20-9-13-22(14-10-20)29(45-4,30(32,33)34)31(35,36)37/h9-16H,5-8,17-19H2,1-4H3,(H,42,43). The van der Waals surface area contributed by atoms with Crippen LogP contribution in [0.1, 0.15) is 73.8 Å². The number of hydrogen-bond donors (Lipinski definition) is 1. The van der Waals surface area contributed by atoms with Gasteiger partial charge >= 0.3 is 30.0 Å². The molecule has 0 fully saturated rings. The summed E-state index contributed by atoms with van der Waals surface area (Å²) < 4.78 is 98.9. The van der Waals surface area contributed by atoms with Crippen LogP contribution in [0.25, 0.3) is 0 Å². The number of ether oxygens (including phenoxy) is 3. The lowest BCUT2D eigenvalue weighted by atomic mass is 9.91. The lowest BCUT2D eigenvalue weighted by Gasteiger charge is -2.36. The number of alkyl halides is 6. The molecule has 0 spiro atoms. The Bertz CT molecular complexity index is 1560. The zero-order valence-corrected chi connectivity index (χ0v) is 26.1. The quantitative estimate of drug-likeness (QED) is 0.114. The topological polar surface area (TPSA) is 122 Å². The van der Waals surface area contributed by atoms with Gasteiger partial charge in [-0.05, 0) is 50.1 Å². The first-order valence-electron chi connectivity index (χ1n) is 14.5. The molecular formula is C31H35F6N3O7. The Balaban J connectivity index is 1.83. The van der Waals surface area contributed by atoms with Gasteiger partial charge in [-0.2, -0.15) is 31.4 Å². The van der Waals surface area contributed by atoms with E-state index in [2.05, 4.69) is 9.84 Å². The number of carboxylic acid groups (broad SMARTS) is 1. The third-order valence-corrected chi connectivity index (χ3v) is 7.34. The van der Waals surface area contributed by atoms with Gasteiger partial charge in [-0.3, -0.25) is 4.57 Å². The Kier molecular flexibility index (Phi) is 11.5. The molecule has 1 N–H and O–H groups in total. The highest BCUT2D eigenvalue weighted by atomic mass is 19.4. The van der Waals surface area contributed by atoms with Crippen LogP contribution in [-0.4, -0.2) is 56.5 Å². The SMILES string of the molecule is CCCCCCn1c(COC(=O)c2ccc(OC(C)(C)C(=O)O)cc2)nn(Cc2ccc(C(OC)(C(F)(F)F)C(F)(F)F)cc2)c1=O. The van der Waals surface area contributed by atoms with Gasteiger partial charge in [-0.1, -0.05) is 50.5 Å². The number of esters is 1. The van der Waals surface area contributed by atoms with Gasteiger partial charge < -0.3 is 19.3 Å². The number of unbranched alkanes of at least 4 members (excludes halogenated alkanes) is 3. The number of carbonyl (C=O) groups is 2. The molecule has 0 atom stereocenters. The summed E-state index contributed by atoms with van der Waals surface area (Å²) in [7, 11) is 0.322. The molecule has 0 saturated heterocycles. The van der Waals surface area contributed by atoms with Crippen LogP contribution < -0.4 is 10.4 Å². The van der Waals surface area contributed by atoms with Gasteiger partial charge in [-0.25, -0.2) is 19.1 Å². The minimum atomic E-state index is -5.81. The Hall–Kier alpha value is -4.34. The largest absolute Gasteiger partial charge is 0.478 e. The fourth-order valence-corrected chi connectivity index (χ4v) is 4.68. The van der Waals surface area contributed by atoms with Gasteiger partial charge in [0.05, 0.1) is 12.1 Å². The van der Waals surface area contributed by atoms with Crippen LogP contribution in [0.2, 0.25) is 0 Å². The number of benzene rings is 2. The molecule has 0 unspecified atom stereocenters. The number of hydrogen-bond acceptors (Lipinski definition) is 7. The molecule has 16 heteroatoms. The maximum absolute atomic E-state index is 13.6. The molecule has 0 aliphatic carbocycles. The minimum absolute atomic E-state index is 0.0761. The minimum Gasteiger partial charge on any atom is -0.478 e. The van der Waals surface area contributed by atoms with Gasteiger partial charge in [0, 0.05) is 19.2 Å². The zero-order valence-electron chi connectivity index (χ0n) is 26.1. The number of aromatic nitrogens is 3. The summed E-state index contributed by atoms with van der Waals surface area (Å²) in [6, 6.07) is 8.81. The van der Waals surface area contributed by atoms with Crippen LogP contribution in [0.4, 0.5) is 26.3 Å². The first-order valence-corrected chi connectivity index (χ1v) is 14.5. The van der Waals surface area contributed by atoms with Gasteiger partial charge in [0.1, 0.15) is 5.75 Å². The maximum Gasteiger partial charge on any atom is 0.430 e. The number of nitrogens with zero attached hydrogens (tertiary/aromatic N) is 3. The highest BCUT2D eigenvalue weighted by molar-refractivity contribution is 5.89. The second kappa shape index (κ2) is 14.6. The van der Waals surface area contributed by atoms with Crippen LogP contribution in [-0.2, 0) is 39.6 Å². The molecule has 258 valence electrons. The van der Waals surface area contributed by atoms with Gasteiger partial charge in [0.2, 0.25) is 0 Å². The monoisotopic (exact) mass is 675 g/mol. The molecular weight excluding hydrogens is 640 g/mol. The molecule has 0 saturated carbocycles. The van der Waals surface area contributed by atoms with Crippen molar-refractivity contribution in [2.24, 2.45) is 0 Å². The molecule has 0 bridgehead atoms. The number of methoxy groups -OCH3 is 1. The van der Waals surface area contributed by atoms with E-state index in [0.29, 0.717) is 25.7 Å². The average Bonchev–Trinajstić information content (AvgIpc) is 3.27. The second-order valence-corrected chi connectivity index (χ2v) is 11.2. The molecule has 3 aromatic rings. The molecule has 2 aromatic carbocycles. The van der Waals surface area contributed by atoms with Crippen molar-refractivity contribution in [1.29, 1.82) is 0 Å². The first kappa shape index (κ1) is 37.1. The summed E-state index contributed by atoms with van der Waals surface area (Å²) in [6.45, 7) is 4.23. The molecule has 0 radical (unpaired) electrons. The first-order chi connectivity index (χ1) is 21.9. The van der Waals surface area contributed by atoms with Crippen molar-refractivity contribution in [2.45, 2.75) is 89.7 Å². The van der Waals surface area contributed by atoms with E-state index >= 15 is 0 Å². The van der Waals surface area contributed by atoms with Crippen molar-refractivity contribution in [3.8, 4) is 5.75 Å². The maximum atomic E-state index is 13.6. The van der Waals surface area contributed by atoms with E-state index in [9.17, 15) is 45.8 Å². The van der Waals surface area contributed by atoms with E-state index < -0.39 is 53.4 Å².